The SMILES string of the molecule is CC(F)(F)CC(C)(F)F.CC(F)(F)CC(F)(F)F.CC(F)(F)F.CCC(C)COC.CCC(F)(F)F.COC(C)(C)C.COCC(C)C. The summed E-state index contributed by atoms with van der Waals surface area (Å²) in [7, 11) is 5.17. The Morgan fingerprint density at radius 3 is 0.750 bits per heavy atom. The topological polar surface area (TPSA) is 27.7 Å². The molecule has 0 saturated carbocycles. The highest BCUT2D eigenvalue weighted by Crippen LogP contribution is 2.30. The Bertz CT molecular complexity index is 584. The second-order valence-electron chi connectivity index (χ2n) is 12.1. The fourth-order valence-corrected chi connectivity index (χ4v) is 1.63. The van der Waals surface area contributed by atoms with Crippen LogP contribution in [0.4, 0.5) is 65.9 Å². The number of hydrogen-bond donors (Lipinski definition) is 0. The van der Waals surface area contributed by atoms with Crippen molar-refractivity contribution in [3.05, 3.63) is 0 Å². The molecule has 0 heterocycles. The first kappa shape index (κ1) is 62.0. The van der Waals surface area contributed by atoms with Gasteiger partial charge in [0.1, 0.15) is 6.42 Å². The van der Waals surface area contributed by atoms with Gasteiger partial charge in [-0.1, -0.05) is 41.0 Å². The van der Waals surface area contributed by atoms with Gasteiger partial charge in [0.25, 0.3) is 17.8 Å². The zero-order chi connectivity index (χ0) is 41.0. The van der Waals surface area contributed by atoms with Crippen LogP contribution in [0.2, 0.25) is 0 Å². The lowest BCUT2D eigenvalue weighted by Gasteiger charge is -2.14. The van der Waals surface area contributed by atoms with Gasteiger partial charge in [-0.15, -0.1) is 0 Å². The monoisotopic (exact) mass is 752 g/mol. The molecule has 0 N–H and O–H groups in total. The van der Waals surface area contributed by atoms with Crippen LogP contribution in [0.15, 0.2) is 0 Å². The van der Waals surface area contributed by atoms with Crippen LogP contribution in [0.3, 0.4) is 0 Å². The van der Waals surface area contributed by atoms with Crippen molar-refractivity contribution in [1.29, 1.82) is 0 Å². The molecule has 0 rings (SSSR count). The van der Waals surface area contributed by atoms with E-state index in [1.54, 1.807) is 21.3 Å². The van der Waals surface area contributed by atoms with Crippen molar-refractivity contribution in [3.8, 4) is 0 Å². The fraction of sp³-hybridized carbons (Fsp3) is 1.00. The van der Waals surface area contributed by atoms with E-state index < -0.39 is 55.6 Å². The number of rotatable bonds is 8. The molecule has 0 aromatic heterocycles. The number of hydrogen-bond acceptors (Lipinski definition) is 3. The molecule has 0 aromatic rings. The van der Waals surface area contributed by atoms with Crippen LogP contribution >= 0.6 is 0 Å². The molecule has 1 unspecified atom stereocenters. The van der Waals surface area contributed by atoms with Gasteiger partial charge in [0.15, 0.2) is 0 Å². The lowest BCUT2D eigenvalue weighted by Crippen LogP contribution is -2.22. The summed E-state index contributed by atoms with van der Waals surface area (Å²) in [6, 6.07) is 0. The Morgan fingerprint density at radius 1 is 0.479 bits per heavy atom. The third kappa shape index (κ3) is 140. The lowest BCUT2D eigenvalue weighted by molar-refractivity contribution is -0.182. The van der Waals surface area contributed by atoms with Crippen LogP contribution in [0.25, 0.3) is 0 Å². The van der Waals surface area contributed by atoms with E-state index in [2.05, 4.69) is 27.7 Å². The molecule has 18 heteroatoms. The van der Waals surface area contributed by atoms with E-state index in [1.807, 2.05) is 20.8 Å². The first-order valence-corrected chi connectivity index (χ1v) is 14.5. The Hall–Kier alpha value is -1.17. The van der Waals surface area contributed by atoms with Gasteiger partial charge in [0.2, 0.25) is 0 Å². The Labute approximate surface area is 277 Å². The van der Waals surface area contributed by atoms with E-state index in [4.69, 9.17) is 14.2 Å². The molecule has 0 saturated heterocycles. The van der Waals surface area contributed by atoms with E-state index in [0.29, 0.717) is 19.8 Å². The van der Waals surface area contributed by atoms with Crippen molar-refractivity contribution in [3.63, 3.8) is 0 Å². The smallest absolute Gasteiger partial charge is 0.384 e. The summed E-state index contributed by atoms with van der Waals surface area (Å²) in [6.07, 6.45) is -15.7. The van der Waals surface area contributed by atoms with Crippen LogP contribution in [-0.2, 0) is 14.2 Å². The van der Waals surface area contributed by atoms with Crippen molar-refractivity contribution in [2.75, 3.05) is 34.5 Å². The maximum atomic E-state index is 11.7. The zero-order valence-electron chi connectivity index (χ0n) is 30.8. The summed E-state index contributed by atoms with van der Waals surface area (Å²) in [5.74, 6) is -8.77. The van der Waals surface area contributed by atoms with Gasteiger partial charge < -0.3 is 14.2 Å². The Balaban J connectivity index is -0.0000000826. The zero-order valence-corrected chi connectivity index (χ0v) is 30.8. The van der Waals surface area contributed by atoms with Crippen LogP contribution in [0.5, 0.6) is 0 Å². The van der Waals surface area contributed by atoms with Crippen molar-refractivity contribution in [2.45, 2.75) is 151 Å². The highest BCUT2D eigenvalue weighted by atomic mass is 19.4. The molecular weight excluding hydrogens is 693 g/mol. The van der Waals surface area contributed by atoms with Gasteiger partial charge in [-0.3, -0.25) is 0 Å². The predicted octanol–water partition coefficient (Wildman–Crippen LogP) is 13.2. The summed E-state index contributed by atoms with van der Waals surface area (Å²) in [6.45, 7) is 18.9. The maximum Gasteiger partial charge on any atom is 0.394 e. The van der Waals surface area contributed by atoms with E-state index in [0.717, 1.165) is 26.1 Å². The minimum Gasteiger partial charge on any atom is -0.384 e. The average Bonchev–Trinajstić information content (AvgIpc) is 2.74. The highest BCUT2D eigenvalue weighted by Gasteiger charge is 2.39. The number of halogens is 15. The third-order valence-corrected chi connectivity index (χ3v) is 3.79. The number of alkyl halides is 15. The predicted molar refractivity (Wildman–Crippen MR) is 160 cm³/mol. The maximum absolute atomic E-state index is 11.7. The molecule has 302 valence electrons. The van der Waals surface area contributed by atoms with Crippen molar-refractivity contribution in [2.24, 2.45) is 11.8 Å². The van der Waals surface area contributed by atoms with E-state index in [-0.39, 0.29) is 19.4 Å². The molecule has 0 bridgehead atoms. The summed E-state index contributed by atoms with van der Waals surface area (Å²) in [5, 5.41) is 0. The molecule has 0 spiro atoms. The van der Waals surface area contributed by atoms with Gasteiger partial charge in [-0.2, -0.15) is 39.5 Å². The van der Waals surface area contributed by atoms with Gasteiger partial charge in [0.05, 0.1) is 12.0 Å². The molecule has 3 nitrogen and oxygen atoms in total. The first-order valence-electron chi connectivity index (χ1n) is 14.5. The molecule has 0 radical (unpaired) electrons. The Kier molecular flexibility index (Phi) is 38.2. The molecule has 0 fully saturated rings. The highest BCUT2D eigenvalue weighted by molar-refractivity contribution is 4.68. The summed E-state index contributed by atoms with van der Waals surface area (Å²) >= 11 is 0. The largest absolute Gasteiger partial charge is 0.394 e. The summed E-state index contributed by atoms with van der Waals surface area (Å²) in [5.41, 5.74) is 0.0417. The minimum atomic E-state index is -4.77. The Morgan fingerprint density at radius 2 is 0.729 bits per heavy atom. The van der Waals surface area contributed by atoms with Crippen LogP contribution in [0, 0.1) is 11.8 Å². The number of methoxy groups -OCH3 is 3. The molecule has 48 heavy (non-hydrogen) atoms. The molecule has 0 aliphatic rings. The lowest BCUT2D eigenvalue weighted by atomic mass is 10.1. The van der Waals surface area contributed by atoms with Crippen molar-refractivity contribution < 1.29 is 80.1 Å². The molecule has 0 aliphatic heterocycles. The minimum absolute atomic E-state index is 0.0417. The molecule has 0 amide bonds. The van der Waals surface area contributed by atoms with Gasteiger partial charge >= 0.3 is 18.5 Å². The van der Waals surface area contributed by atoms with E-state index in [1.165, 1.54) is 6.42 Å². The molecule has 0 aliphatic carbocycles. The standard InChI is InChI=1S/C6H14O.C5H8F4.2C5H12O.C4H5F5.C3H5F3.C2H3F3/c1-4-6(2)5-7-3;1-4(6,7)3-5(2,8)9;1-5(2)4-6-3;1-5(2,3)6-4;1-3(5,6)2-4(7,8)9;1-2-3(4,5)6;1-2(3,4)5/h6H,4-5H2,1-3H3;3H2,1-2H3;5H,4H2,1-3H3;1-4H3;2H2,1H3;2H2,1H3;1H3. The van der Waals surface area contributed by atoms with Gasteiger partial charge in [0, 0.05) is 47.9 Å². The second-order valence-corrected chi connectivity index (χ2v) is 12.1. The van der Waals surface area contributed by atoms with E-state index in [9.17, 15) is 65.9 Å². The third-order valence-electron chi connectivity index (χ3n) is 3.79. The molecule has 0 aromatic carbocycles. The average molecular weight is 753 g/mol. The van der Waals surface area contributed by atoms with Crippen LogP contribution < -0.4 is 0 Å². The van der Waals surface area contributed by atoms with Gasteiger partial charge in [-0.25, -0.2) is 26.3 Å². The first-order chi connectivity index (χ1) is 20.6. The fourth-order valence-electron chi connectivity index (χ4n) is 1.63. The summed E-state index contributed by atoms with van der Waals surface area (Å²) < 4.78 is 181. The molecular formula is C30H59F15O3. The van der Waals surface area contributed by atoms with Crippen molar-refractivity contribution >= 4 is 0 Å². The molecule has 1 atom stereocenters. The van der Waals surface area contributed by atoms with Crippen LogP contribution in [-0.4, -0.2) is 76.4 Å². The summed E-state index contributed by atoms with van der Waals surface area (Å²) in [4.78, 5) is 0. The van der Waals surface area contributed by atoms with Crippen molar-refractivity contribution in [1.82, 2.24) is 0 Å². The normalized spacial score (nSPS) is 12.8. The quantitative estimate of drug-likeness (QED) is 0.231. The van der Waals surface area contributed by atoms with Gasteiger partial charge in [-0.05, 0) is 53.4 Å². The second kappa shape index (κ2) is 29.5. The van der Waals surface area contributed by atoms with E-state index >= 15 is 0 Å². The van der Waals surface area contributed by atoms with Crippen LogP contribution in [0.1, 0.15) is 109 Å². The number of ether oxygens (including phenoxy) is 3.